The van der Waals surface area contributed by atoms with Gasteiger partial charge in [-0.25, -0.2) is 9.78 Å². The van der Waals surface area contributed by atoms with Crippen LogP contribution in [0.1, 0.15) is 115 Å². The molecule has 4 saturated carbocycles. The van der Waals surface area contributed by atoms with Crippen molar-refractivity contribution in [1.82, 2.24) is 19.7 Å². The topological polar surface area (TPSA) is 89.8 Å². The van der Waals surface area contributed by atoms with E-state index in [4.69, 9.17) is 14.5 Å². The molecular formula is C42H57N5O4. The lowest BCUT2D eigenvalue weighted by Gasteiger charge is -2.55. The molecule has 1 saturated heterocycles. The van der Waals surface area contributed by atoms with Gasteiger partial charge in [-0.1, -0.05) is 25.5 Å². The van der Waals surface area contributed by atoms with Crippen LogP contribution < -0.4 is 9.64 Å². The SMILES string of the molecule is CCCC1CN(C(=O)OC2CCC(C(=O)N(CC34CCC(c5ccc(OC)c(C)c5)(CC3)CC4)c3cc(-c4cnn(C(C)C)c4)ccn3)CC2)C1. The Morgan fingerprint density at radius 1 is 0.980 bits per heavy atom. The van der Waals surface area contributed by atoms with Gasteiger partial charge in [-0.15, -0.1) is 0 Å². The number of aromatic nitrogens is 3. The van der Waals surface area contributed by atoms with E-state index in [2.05, 4.69) is 63.3 Å². The molecule has 5 fully saturated rings. The summed E-state index contributed by atoms with van der Waals surface area (Å²) < 4.78 is 13.5. The van der Waals surface area contributed by atoms with Crippen molar-refractivity contribution in [3.63, 3.8) is 0 Å². The summed E-state index contributed by atoms with van der Waals surface area (Å²) in [7, 11) is 1.74. The molecule has 0 spiro atoms. The van der Waals surface area contributed by atoms with Crippen LogP contribution in [-0.2, 0) is 14.9 Å². The highest BCUT2D eigenvalue weighted by Crippen LogP contribution is 2.58. The van der Waals surface area contributed by atoms with Crippen molar-refractivity contribution in [3.05, 3.63) is 60.0 Å². The highest BCUT2D eigenvalue weighted by atomic mass is 16.6. The highest BCUT2D eigenvalue weighted by molar-refractivity contribution is 5.95. The van der Waals surface area contributed by atoms with E-state index in [1.807, 2.05) is 32.9 Å². The number of ether oxygens (including phenoxy) is 2. The summed E-state index contributed by atoms with van der Waals surface area (Å²) in [4.78, 5) is 36.2. The zero-order valence-corrected chi connectivity index (χ0v) is 31.4. The number of aryl methyl sites for hydroxylation is 1. The molecule has 2 bridgehead atoms. The Balaban J connectivity index is 1.07. The lowest BCUT2D eigenvalue weighted by molar-refractivity contribution is -0.124. The zero-order valence-electron chi connectivity index (χ0n) is 31.4. The van der Waals surface area contributed by atoms with Crippen molar-refractivity contribution in [2.75, 3.05) is 31.6 Å². The van der Waals surface area contributed by atoms with Gasteiger partial charge in [0, 0.05) is 49.6 Å². The second-order valence-electron chi connectivity index (χ2n) is 16.5. The third-order valence-corrected chi connectivity index (χ3v) is 12.9. The van der Waals surface area contributed by atoms with Crippen LogP contribution in [0.3, 0.4) is 0 Å². The second-order valence-corrected chi connectivity index (χ2v) is 16.5. The third kappa shape index (κ3) is 7.27. The average Bonchev–Trinajstić information content (AvgIpc) is 3.64. The minimum Gasteiger partial charge on any atom is -0.496 e. The fourth-order valence-electron chi connectivity index (χ4n) is 9.44. The summed E-state index contributed by atoms with van der Waals surface area (Å²) >= 11 is 0. The van der Waals surface area contributed by atoms with Gasteiger partial charge in [0.05, 0.1) is 13.3 Å². The van der Waals surface area contributed by atoms with Crippen LogP contribution in [0.15, 0.2) is 48.9 Å². The van der Waals surface area contributed by atoms with Gasteiger partial charge in [0.2, 0.25) is 5.91 Å². The lowest BCUT2D eigenvalue weighted by atomic mass is 9.51. The first-order valence-electron chi connectivity index (χ1n) is 19.5. The van der Waals surface area contributed by atoms with Crippen molar-refractivity contribution in [2.45, 2.75) is 122 Å². The number of methoxy groups -OCH3 is 1. The summed E-state index contributed by atoms with van der Waals surface area (Å²) in [5.41, 5.74) is 4.94. The summed E-state index contributed by atoms with van der Waals surface area (Å²) in [5.74, 6) is 2.33. The summed E-state index contributed by atoms with van der Waals surface area (Å²) in [5, 5.41) is 4.57. The Morgan fingerprint density at radius 3 is 2.33 bits per heavy atom. The number of pyridine rings is 1. The molecule has 0 unspecified atom stereocenters. The van der Waals surface area contributed by atoms with Gasteiger partial charge in [0.15, 0.2) is 0 Å². The minimum absolute atomic E-state index is 0.0682. The summed E-state index contributed by atoms with van der Waals surface area (Å²) in [6, 6.07) is 11.1. The number of anilines is 1. The highest BCUT2D eigenvalue weighted by Gasteiger charge is 2.51. The van der Waals surface area contributed by atoms with Gasteiger partial charge in [0.1, 0.15) is 17.7 Å². The maximum Gasteiger partial charge on any atom is 0.410 e. The standard InChI is InChI=1S/C42H57N5O4/c1-6-7-31-25-45(26-31)40(49)51-36-11-8-32(9-12-36)39(48)46(38-23-33(14-21-43-38)34-24-44-47(27-34)29(2)3)28-41-15-18-42(19-16-41,20-17-41)35-10-13-37(50-5)30(4)22-35/h10,13-14,21-24,27,29,31-32,36H,6-9,11-12,15-20,25-26,28H2,1-5H3. The molecular weight excluding hydrogens is 638 g/mol. The number of benzene rings is 1. The average molecular weight is 696 g/mol. The molecule has 9 heteroatoms. The Kier molecular flexibility index (Phi) is 10.2. The minimum atomic E-state index is -0.185. The quantitative estimate of drug-likeness (QED) is 0.199. The van der Waals surface area contributed by atoms with Crippen LogP contribution in [-0.4, -0.2) is 64.5 Å². The Hall–Kier alpha value is -3.88. The van der Waals surface area contributed by atoms with E-state index in [1.54, 1.807) is 7.11 Å². The van der Waals surface area contributed by atoms with Gasteiger partial charge in [-0.2, -0.15) is 5.10 Å². The Morgan fingerprint density at radius 2 is 1.71 bits per heavy atom. The summed E-state index contributed by atoms with van der Waals surface area (Å²) in [6.07, 6.45) is 17.4. The molecule has 0 N–H and O–H groups in total. The molecule has 1 aliphatic heterocycles. The number of hydrogen-bond acceptors (Lipinski definition) is 6. The van der Waals surface area contributed by atoms with Gasteiger partial charge >= 0.3 is 6.09 Å². The van der Waals surface area contributed by atoms with E-state index in [1.165, 1.54) is 11.1 Å². The molecule has 5 aliphatic rings. The van der Waals surface area contributed by atoms with Gasteiger partial charge in [-0.3, -0.25) is 14.4 Å². The third-order valence-electron chi connectivity index (χ3n) is 12.9. The largest absolute Gasteiger partial charge is 0.496 e. The van der Waals surface area contributed by atoms with Crippen molar-refractivity contribution in [1.29, 1.82) is 0 Å². The molecule has 3 heterocycles. The van der Waals surface area contributed by atoms with Gasteiger partial charge in [-0.05, 0) is 143 Å². The maximum absolute atomic E-state index is 14.7. The van der Waals surface area contributed by atoms with Crippen molar-refractivity contribution in [3.8, 4) is 16.9 Å². The normalized spacial score (nSPS) is 26.2. The van der Waals surface area contributed by atoms with Crippen LogP contribution >= 0.6 is 0 Å². The first-order chi connectivity index (χ1) is 24.6. The molecule has 9 nitrogen and oxygen atoms in total. The molecule has 1 aromatic carbocycles. The molecule has 51 heavy (non-hydrogen) atoms. The molecule has 0 atom stereocenters. The number of amides is 2. The molecule has 274 valence electrons. The van der Waals surface area contributed by atoms with E-state index < -0.39 is 0 Å². The number of rotatable bonds is 11. The lowest BCUT2D eigenvalue weighted by Crippen LogP contribution is -2.52. The molecule has 2 aromatic heterocycles. The first-order valence-corrected chi connectivity index (χ1v) is 19.5. The first kappa shape index (κ1) is 35.5. The van der Waals surface area contributed by atoms with Gasteiger partial charge < -0.3 is 14.4 Å². The molecule has 0 radical (unpaired) electrons. The number of hydrogen-bond donors (Lipinski definition) is 0. The van der Waals surface area contributed by atoms with Crippen LogP contribution in [0.4, 0.5) is 10.6 Å². The molecule has 4 aliphatic carbocycles. The van der Waals surface area contributed by atoms with E-state index in [0.717, 1.165) is 113 Å². The number of nitrogens with zero attached hydrogens (tertiary/aromatic N) is 5. The van der Waals surface area contributed by atoms with Crippen molar-refractivity contribution in [2.24, 2.45) is 17.3 Å². The second kappa shape index (κ2) is 14.6. The number of carbonyl (C=O) groups is 2. The molecule has 2 amide bonds. The molecule has 8 rings (SSSR count). The maximum atomic E-state index is 14.7. The van der Waals surface area contributed by atoms with Crippen molar-refractivity contribution < 1.29 is 19.1 Å². The fraction of sp³-hybridized carbons (Fsp3) is 0.619. The van der Waals surface area contributed by atoms with E-state index in [0.29, 0.717) is 12.5 Å². The van der Waals surface area contributed by atoms with Crippen LogP contribution in [0.5, 0.6) is 5.75 Å². The monoisotopic (exact) mass is 695 g/mol. The van der Waals surface area contributed by atoms with Crippen LogP contribution in [0.2, 0.25) is 0 Å². The number of likely N-dealkylation sites (tertiary alicyclic amines) is 1. The van der Waals surface area contributed by atoms with E-state index in [9.17, 15) is 9.59 Å². The van der Waals surface area contributed by atoms with Crippen LogP contribution in [0, 0.1) is 24.2 Å². The van der Waals surface area contributed by atoms with Crippen molar-refractivity contribution >= 4 is 17.8 Å². The van der Waals surface area contributed by atoms with E-state index in [-0.39, 0.29) is 40.9 Å². The predicted molar refractivity (Wildman–Crippen MR) is 200 cm³/mol. The summed E-state index contributed by atoms with van der Waals surface area (Å²) in [6.45, 7) is 10.9. The van der Waals surface area contributed by atoms with E-state index >= 15 is 0 Å². The smallest absolute Gasteiger partial charge is 0.410 e. The van der Waals surface area contributed by atoms with Crippen LogP contribution in [0.25, 0.3) is 11.1 Å². The molecule has 3 aromatic rings. The Labute approximate surface area is 304 Å². The predicted octanol–water partition coefficient (Wildman–Crippen LogP) is 8.90. The van der Waals surface area contributed by atoms with Gasteiger partial charge in [0.25, 0.3) is 0 Å². The number of fused-ring (bicyclic) bond motifs is 3. The zero-order chi connectivity index (χ0) is 35.8. The fourth-order valence-corrected chi connectivity index (χ4v) is 9.44. The Bertz CT molecular complexity index is 1680. The number of carbonyl (C=O) groups excluding carboxylic acids is 2.